The minimum absolute atomic E-state index is 0. The molecule has 1 saturated heterocycles. The summed E-state index contributed by atoms with van der Waals surface area (Å²) in [6.07, 6.45) is 5.16. The first-order valence-electron chi connectivity index (χ1n) is 8.69. The molecule has 3 unspecified atom stereocenters. The molecule has 2 N–H and O–H groups in total. The number of halogens is 1. The SMILES string of the molecule is CC(CCc1ccccc1)NC(=O)CC(C)C1CCCNC1.Cl. The first kappa shape index (κ1) is 20.0. The van der Waals surface area contributed by atoms with Gasteiger partial charge in [-0.2, -0.15) is 0 Å². The highest BCUT2D eigenvalue weighted by atomic mass is 35.5. The molecule has 23 heavy (non-hydrogen) atoms. The highest BCUT2D eigenvalue weighted by Crippen LogP contribution is 2.22. The van der Waals surface area contributed by atoms with Crippen LogP contribution in [0.25, 0.3) is 0 Å². The van der Waals surface area contributed by atoms with Crippen molar-refractivity contribution in [3.8, 4) is 0 Å². The van der Waals surface area contributed by atoms with E-state index in [1.807, 2.05) is 6.07 Å². The zero-order valence-electron chi connectivity index (χ0n) is 14.4. The van der Waals surface area contributed by atoms with Gasteiger partial charge in [0.25, 0.3) is 0 Å². The smallest absolute Gasteiger partial charge is 0.220 e. The molecule has 1 aliphatic rings. The van der Waals surface area contributed by atoms with Crippen molar-refractivity contribution in [3.05, 3.63) is 35.9 Å². The Morgan fingerprint density at radius 1 is 1.30 bits per heavy atom. The second kappa shape index (κ2) is 10.7. The number of hydrogen-bond acceptors (Lipinski definition) is 2. The second-order valence-electron chi connectivity index (χ2n) is 6.78. The van der Waals surface area contributed by atoms with Gasteiger partial charge < -0.3 is 10.6 Å². The number of hydrogen-bond donors (Lipinski definition) is 2. The Morgan fingerprint density at radius 2 is 2.04 bits per heavy atom. The summed E-state index contributed by atoms with van der Waals surface area (Å²) < 4.78 is 0. The molecule has 3 atom stereocenters. The van der Waals surface area contributed by atoms with Crippen molar-refractivity contribution >= 4 is 18.3 Å². The Balaban J connectivity index is 0.00000264. The minimum atomic E-state index is 0. The van der Waals surface area contributed by atoms with Crippen LogP contribution in [0.15, 0.2) is 30.3 Å². The summed E-state index contributed by atoms with van der Waals surface area (Å²) in [4.78, 5) is 12.2. The van der Waals surface area contributed by atoms with Crippen molar-refractivity contribution < 1.29 is 4.79 Å². The minimum Gasteiger partial charge on any atom is -0.354 e. The summed E-state index contributed by atoms with van der Waals surface area (Å²) in [7, 11) is 0. The summed E-state index contributed by atoms with van der Waals surface area (Å²) in [6, 6.07) is 10.7. The Morgan fingerprint density at radius 3 is 2.70 bits per heavy atom. The second-order valence-corrected chi connectivity index (χ2v) is 6.78. The number of aryl methyl sites for hydroxylation is 1. The number of amides is 1. The summed E-state index contributed by atoms with van der Waals surface area (Å²) in [6.45, 7) is 6.52. The zero-order chi connectivity index (χ0) is 15.8. The van der Waals surface area contributed by atoms with E-state index in [2.05, 4.69) is 48.7 Å². The molecule has 2 rings (SSSR count). The third-order valence-electron chi connectivity index (χ3n) is 4.76. The molecule has 0 bridgehead atoms. The maximum atomic E-state index is 12.2. The van der Waals surface area contributed by atoms with Crippen molar-refractivity contribution in [1.29, 1.82) is 0 Å². The first-order chi connectivity index (χ1) is 10.6. The van der Waals surface area contributed by atoms with E-state index in [4.69, 9.17) is 0 Å². The van der Waals surface area contributed by atoms with Crippen molar-refractivity contribution in [2.75, 3.05) is 13.1 Å². The molecule has 1 aromatic rings. The van der Waals surface area contributed by atoms with E-state index in [0.717, 1.165) is 25.9 Å². The molecule has 0 spiro atoms. The molecule has 1 aromatic carbocycles. The third kappa shape index (κ3) is 7.36. The van der Waals surface area contributed by atoms with Gasteiger partial charge >= 0.3 is 0 Å². The van der Waals surface area contributed by atoms with Gasteiger partial charge in [0.2, 0.25) is 5.91 Å². The molecule has 3 nitrogen and oxygen atoms in total. The van der Waals surface area contributed by atoms with Crippen LogP contribution in [-0.2, 0) is 11.2 Å². The quantitative estimate of drug-likeness (QED) is 0.798. The van der Waals surface area contributed by atoms with Gasteiger partial charge in [0.1, 0.15) is 0 Å². The zero-order valence-corrected chi connectivity index (χ0v) is 15.2. The Hall–Kier alpha value is -1.06. The van der Waals surface area contributed by atoms with Crippen LogP contribution < -0.4 is 10.6 Å². The predicted molar refractivity (Wildman–Crippen MR) is 99.0 cm³/mol. The van der Waals surface area contributed by atoms with E-state index in [1.54, 1.807) is 0 Å². The van der Waals surface area contributed by atoms with Gasteiger partial charge in [-0.05, 0) is 63.1 Å². The van der Waals surface area contributed by atoms with Gasteiger partial charge in [-0.1, -0.05) is 37.3 Å². The van der Waals surface area contributed by atoms with E-state index in [9.17, 15) is 4.79 Å². The fourth-order valence-corrected chi connectivity index (χ4v) is 3.26. The van der Waals surface area contributed by atoms with Crippen LogP contribution in [0.3, 0.4) is 0 Å². The van der Waals surface area contributed by atoms with E-state index in [-0.39, 0.29) is 24.4 Å². The molecule has 0 aliphatic carbocycles. The van der Waals surface area contributed by atoms with Gasteiger partial charge in [0.05, 0.1) is 0 Å². The van der Waals surface area contributed by atoms with Gasteiger partial charge in [-0.25, -0.2) is 0 Å². The Labute approximate surface area is 147 Å². The molecular formula is C19H31ClN2O. The van der Waals surface area contributed by atoms with Gasteiger partial charge in [-0.15, -0.1) is 12.4 Å². The molecule has 0 aromatic heterocycles. The number of carbonyl (C=O) groups excluding carboxylic acids is 1. The largest absolute Gasteiger partial charge is 0.354 e. The molecule has 130 valence electrons. The molecular weight excluding hydrogens is 308 g/mol. The molecule has 1 amide bonds. The monoisotopic (exact) mass is 338 g/mol. The van der Waals surface area contributed by atoms with Crippen LogP contribution in [-0.4, -0.2) is 25.0 Å². The molecule has 0 saturated carbocycles. The van der Waals surface area contributed by atoms with Crippen LogP contribution in [0.5, 0.6) is 0 Å². The number of rotatable bonds is 7. The summed E-state index contributed by atoms with van der Waals surface area (Å²) in [5.74, 6) is 1.33. The van der Waals surface area contributed by atoms with Gasteiger partial charge in [-0.3, -0.25) is 4.79 Å². The topological polar surface area (TPSA) is 41.1 Å². The lowest BCUT2D eigenvalue weighted by Gasteiger charge is -2.28. The van der Waals surface area contributed by atoms with Crippen molar-refractivity contribution in [2.24, 2.45) is 11.8 Å². The Kier molecular flexibility index (Phi) is 9.27. The summed E-state index contributed by atoms with van der Waals surface area (Å²) in [5, 5.41) is 6.60. The molecule has 1 heterocycles. The third-order valence-corrected chi connectivity index (χ3v) is 4.76. The molecule has 0 radical (unpaired) electrons. The van der Waals surface area contributed by atoms with E-state index >= 15 is 0 Å². The van der Waals surface area contributed by atoms with Crippen LogP contribution >= 0.6 is 12.4 Å². The van der Waals surface area contributed by atoms with Gasteiger partial charge in [0, 0.05) is 12.5 Å². The maximum Gasteiger partial charge on any atom is 0.220 e. The van der Waals surface area contributed by atoms with Crippen LogP contribution in [0, 0.1) is 11.8 Å². The van der Waals surface area contributed by atoms with Crippen LogP contribution in [0.2, 0.25) is 0 Å². The highest BCUT2D eigenvalue weighted by molar-refractivity contribution is 5.85. The van der Waals surface area contributed by atoms with E-state index < -0.39 is 0 Å². The van der Waals surface area contributed by atoms with E-state index in [1.165, 1.54) is 18.4 Å². The van der Waals surface area contributed by atoms with Crippen molar-refractivity contribution in [3.63, 3.8) is 0 Å². The number of nitrogens with one attached hydrogen (secondary N) is 2. The Bertz CT molecular complexity index is 446. The van der Waals surface area contributed by atoms with Crippen molar-refractivity contribution in [2.45, 2.75) is 52.0 Å². The maximum absolute atomic E-state index is 12.2. The highest BCUT2D eigenvalue weighted by Gasteiger charge is 2.22. The predicted octanol–water partition coefficient (Wildman–Crippen LogP) is 3.57. The number of benzene rings is 1. The van der Waals surface area contributed by atoms with Crippen LogP contribution in [0.4, 0.5) is 0 Å². The lowest BCUT2D eigenvalue weighted by molar-refractivity contribution is -0.123. The van der Waals surface area contributed by atoms with Crippen molar-refractivity contribution in [1.82, 2.24) is 10.6 Å². The molecule has 1 aliphatic heterocycles. The fraction of sp³-hybridized carbons (Fsp3) is 0.632. The van der Waals surface area contributed by atoms with E-state index in [0.29, 0.717) is 18.3 Å². The fourth-order valence-electron chi connectivity index (χ4n) is 3.26. The lowest BCUT2D eigenvalue weighted by atomic mass is 9.85. The standard InChI is InChI=1S/C19H30N2O.ClH/c1-15(18-9-6-12-20-14-18)13-19(22)21-16(2)10-11-17-7-4-3-5-8-17;/h3-5,7-8,15-16,18,20H,6,9-14H2,1-2H3,(H,21,22);1H. The number of carbonyl (C=O) groups is 1. The molecule has 4 heteroatoms. The summed E-state index contributed by atoms with van der Waals surface area (Å²) >= 11 is 0. The lowest BCUT2D eigenvalue weighted by Crippen LogP contribution is -2.37. The van der Waals surface area contributed by atoms with Gasteiger partial charge in [0.15, 0.2) is 0 Å². The average molecular weight is 339 g/mol. The van der Waals surface area contributed by atoms with Crippen LogP contribution in [0.1, 0.15) is 45.1 Å². The normalized spacial score (nSPS) is 20.2. The molecule has 1 fully saturated rings. The average Bonchev–Trinajstić information content (AvgIpc) is 2.54. The summed E-state index contributed by atoms with van der Waals surface area (Å²) in [5.41, 5.74) is 1.34. The first-order valence-corrected chi connectivity index (χ1v) is 8.69. The number of piperidine rings is 1.